The summed E-state index contributed by atoms with van der Waals surface area (Å²) in [6, 6.07) is 0. The van der Waals surface area contributed by atoms with Crippen LogP contribution in [0.15, 0.2) is 0 Å². The number of hydrogen-bond acceptors (Lipinski definition) is 2. The third-order valence-electron chi connectivity index (χ3n) is 1.32. The second kappa shape index (κ2) is 7.54. The number of rotatable bonds is 6. The van der Waals surface area contributed by atoms with E-state index in [9.17, 15) is 9.90 Å². The van der Waals surface area contributed by atoms with E-state index in [4.69, 9.17) is 4.74 Å². The molecule has 0 aliphatic rings. The van der Waals surface area contributed by atoms with Crippen molar-refractivity contribution in [2.45, 2.75) is 32.6 Å². The molecular formula is C8H15O3. The van der Waals surface area contributed by atoms with Gasteiger partial charge in [-0.05, 0) is 6.42 Å². The number of hydrogen-bond donors (Lipinski definition) is 0. The van der Waals surface area contributed by atoms with Crippen molar-refractivity contribution in [2.75, 3.05) is 13.2 Å². The molecule has 3 heteroatoms. The van der Waals surface area contributed by atoms with Crippen LogP contribution >= 0.6 is 0 Å². The highest BCUT2D eigenvalue weighted by molar-refractivity contribution is 5.69. The van der Waals surface area contributed by atoms with Crippen LogP contribution in [0.5, 0.6) is 0 Å². The van der Waals surface area contributed by atoms with Crippen molar-refractivity contribution in [3.8, 4) is 0 Å². The maximum absolute atomic E-state index is 10.6. The topological polar surface area (TPSA) is 46.2 Å². The molecule has 3 nitrogen and oxygen atoms in total. The van der Waals surface area contributed by atoms with E-state index in [2.05, 4.69) is 6.92 Å². The molecule has 0 unspecified atom stereocenters. The number of esters is 1. The van der Waals surface area contributed by atoms with Gasteiger partial charge in [0, 0.05) is 0 Å². The van der Waals surface area contributed by atoms with Crippen molar-refractivity contribution in [3.63, 3.8) is 0 Å². The van der Waals surface area contributed by atoms with Gasteiger partial charge in [-0.2, -0.15) is 0 Å². The molecule has 0 spiro atoms. The minimum Gasteiger partial charge on any atom is -0.466 e. The Morgan fingerprint density at radius 2 is 2.09 bits per heavy atom. The normalized spacial score (nSPS) is 9.64. The van der Waals surface area contributed by atoms with Crippen LogP contribution in [0.4, 0.5) is 0 Å². The molecule has 1 radical (unpaired) electrons. The fourth-order valence-electron chi connectivity index (χ4n) is 0.694. The quantitative estimate of drug-likeness (QED) is 0.436. The lowest BCUT2D eigenvalue weighted by Crippen LogP contribution is -2.06. The van der Waals surface area contributed by atoms with Gasteiger partial charge >= 0.3 is 5.97 Å². The molecule has 0 bridgehead atoms. The molecule has 0 rings (SSSR count). The lowest BCUT2D eigenvalue weighted by atomic mass is 10.3. The van der Waals surface area contributed by atoms with Crippen LogP contribution in [-0.4, -0.2) is 19.2 Å². The Balaban J connectivity index is 3.04. The summed E-state index contributed by atoms with van der Waals surface area (Å²) >= 11 is 0. The van der Waals surface area contributed by atoms with E-state index in [1.54, 1.807) is 0 Å². The van der Waals surface area contributed by atoms with Crippen molar-refractivity contribution in [1.82, 2.24) is 0 Å². The van der Waals surface area contributed by atoms with Crippen molar-refractivity contribution in [3.05, 3.63) is 0 Å². The average Bonchev–Trinajstić information content (AvgIpc) is 1.99. The van der Waals surface area contributed by atoms with E-state index in [1.807, 2.05) is 0 Å². The summed E-state index contributed by atoms with van der Waals surface area (Å²) in [5.74, 6) is -0.365. The number of unbranched alkanes of at least 4 members (excludes halogenated alkanes) is 2. The standard InChI is InChI=1S/C8H15O3/c1-2-3-4-7-11-8(10)5-6-9/h2-7H2,1H3. The van der Waals surface area contributed by atoms with Gasteiger partial charge in [-0.25, -0.2) is 5.11 Å². The molecule has 11 heavy (non-hydrogen) atoms. The molecule has 0 saturated heterocycles. The Bertz CT molecular complexity index is 102. The monoisotopic (exact) mass is 159 g/mol. The summed E-state index contributed by atoms with van der Waals surface area (Å²) in [7, 11) is 0. The molecule has 0 aliphatic heterocycles. The van der Waals surface area contributed by atoms with Gasteiger partial charge in [-0.15, -0.1) is 0 Å². The SMILES string of the molecule is CCCCCOC(=O)CC[O]. The van der Waals surface area contributed by atoms with Gasteiger partial charge in [-0.1, -0.05) is 19.8 Å². The molecule has 0 saturated carbocycles. The third kappa shape index (κ3) is 7.33. The first kappa shape index (κ1) is 10.4. The lowest BCUT2D eigenvalue weighted by Gasteiger charge is -2.01. The summed E-state index contributed by atoms with van der Waals surface area (Å²) < 4.78 is 4.75. The summed E-state index contributed by atoms with van der Waals surface area (Å²) in [5, 5.41) is 9.93. The number of carbonyl (C=O) groups excluding carboxylic acids is 1. The van der Waals surface area contributed by atoms with E-state index < -0.39 is 0 Å². The first-order valence-corrected chi connectivity index (χ1v) is 4.05. The number of carbonyl (C=O) groups is 1. The zero-order valence-electron chi connectivity index (χ0n) is 6.97. The fourth-order valence-corrected chi connectivity index (χ4v) is 0.694. The number of ether oxygens (including phenoxy) is 1. The van der Waals surface area contributed by atoms with Gasteiger partial charge in [0.15, 0.2) is 0 Å². The molecule has 0 aromatic carbocycles. The van der Waals surface area contributed by atoms with Gasteiger partial charge in [0.25, 0.3) is 0 Å². The van der Waals surface area contributed by atoms with Gasteiger partial charge in [-0.3, -0.25) is 4.79 Å². The Morgan fingerprint density at radius 1 is 1.36 bits per heavy atom. The van der Waals surface area contributed by atoms with Crippen molar-refractivity contribution in [1.29, 1.82) is 0 Å². The van der Waals surface area contributed by atoms with E-state index in [-0.39, 0.29) is 19.0 Å². The van der Waals surface area contributed by atoms with E-state index in [1.165, 1.54) is 0 Å². The van der Waals surface area contributed by atoms with Crippen LogP contribution in [-0.2, 0) is 14.6 Å². The van der Waals surface area contributed by atoms with Crippen LogP contribution in [0.3, 0.4) is 0 Å². The van der Waals surface area contributed by atoms with Gasteiger partial charge in [0.05, 0.1) is 19.6 Å². The average molecular weight is 159 g/mol. The van der Waals surface area contributed by atoms with Crippen LogP contribution in [0.25, 0.3) is 0 Å². The summed E-state index contributed by atoms with van der Waals surface area (Å²) in [6.45, 7) is 2.18. The molecule has 0 atom stereocenters. The fraction of sp³-hybridized carbons (Fsp3) is 0.875. The predicted octanol–water partition coefficient (Wildman–Crippen LogP) is 1.54. The van der Waals surface area contributed by atoms with Crippen molar-refractivity contribution < 1.29 is 14.6 Å². The van der Waals surface area contributed by atoms with Crippen molar-refractivity contribution >= 4 is 5.97 Å². The largest absolute Gasteiger partial charge is 0.466 e. The maximum atomic E-state index is 10.6. The highest BCUT2D eigenvalue weighted by atomic mass is 16.5. The second-order valence-electron chi connectivity index (χ2n) is 2.38. The van der Waals surface area contributed by atoms with Crippen LogP contribution < -0.4 is 0 Å². The molecule has 0 aromatic rings. The van der Waals surface area contributed by atoms with Gasteiger partial charge < -0.3 is 4.74 Å². The maximum Gasteiger partial charge on any atom is 0.308 e. The summed E-state index contributed by atoms with van der Waals surface area (Å²) in [4.78, 5) is 10.6. The van der Waals surface area contributed by atoms with Gasteiger partial charge in [0.2, 0.25) is 0 Å². The Kier molecular flexibility index (Phi) is 7.15. The lowest BCUT2D eigenvalue weighted by molar-refractivity contribution is -0.144. The molecule has 65 valence electrons. The smallest absolute Gasteiger partial charge is 0.308 e. The zero-order valence-corrected chi connectivity index (χ0v) is 6.97. The zero-order chi connectivity index (χ0) is 8.53. The minimum atomic E-state index is -0.368. The third-order valence-corrected chi connectivity index (χ3v) is 1.32. The molecule has 0 aliphatic carbocycles. The Morgan fingerprint density at radius 3 is 2.64 bits per heavy atom. The molecule has 0 amide bonds. The predicted molar refractivity (Wildman–Crippen MR) is 40.7 cm³/mol. The molecule has 0 aromatic heterocycles. The van der Waals surface area contributed by atoms with Gasteiger partial charge in [0.1, 0.15) is 0 Å². The molecule has 0 heterocycles. The molecule has 0 fully saturated rings. The summed E-state index contributed by atoms with van der Waals surface area (Å²) in [5.41, 5.74) is 0. The molecule has 0 N–H and O–H groups in total. The van der Waals surface area contributed by atoms with Crippen molar-refractivity contribution in [2.24, 2.45) is 0 Å². The van der Waals surface area contributed by atoms with Crippen LogP contribution in [0, 0.1) is 0 Å². The van der Waals surface area contributed by atoms with E-state index in [0.29, 0.717) is 6.61 Å². The van der Waals surface area contributed by atoms with Crippen LogP contribution in [0.2, 0.25) is 0 Å². The molecular weight excluding hydrogens is 144 g/mol. The van der Waals surface area contributed by atoms with E-state index in [0.717, 1.165) is 19.3 Å². The highest BCUT2D eigenvalue weighted by Gasteiger charge is 1.99. The summed E-state index contributed by atoms with van der Waals surface area (Å²) in [6.07, 6.45) is 3.09. The first-order chi connectivity index (χ1) is 5.31. The minimum absolute atomic E-state index is 0.00608. The van der Waals surface area contributed by atoms with Crippen LogP contribution in [0.1, 0.15) is 32.6 Å². The highest BCUT2D eigenvalue weighted by Crippen LogP contribution is 1.95. The second-order valence-corrected chi connectivity index (χ2v) is 2.38. The Hall–Kier alpha value is -0.570. The first-order valence-electron chi connectivity index (χ1n) is 4.05. The van der Waals surface area contributed by atoms with E-state index >= 15 is 0 Å². The Labute approximate surface area is 67.4 Å².